The van der Waals surface area contributed by atoms with Gasteiger partial charge in [0.25, 0.3) is 0 Å². The zero-order chi connectivity index (χ0) is 21.3. The van der Waals surface area contributed by atoms with Crippen LogP contribution in [0, 0.1) is 15.2 Å². The average Bonchev–Trinajstić information content (AvgIpc) is 3.14. The molecule has 1 heterocycles. The first-order valence-corrected chi connectivity index (χ1v) is 11.2. The van der Waals surface area contributed by atoms with Crippen molar-refractivity contribution in [2.45, 2.75) is 18.9 Å². The molecular formula is C17H15ClF2IN3O4S. The van der Waals surface area contributed by atoms with Crippen molar-refractivity contribution in [3.8, 4) is 0 Å². The van der Waals surface area contributed by atoms with Crippen molar-refractivity contribution in [2.75, 3.05) is 16.6 Å². The van der Waals surface area contributed by atoms with E-state index in [1.54, 1.807) is 12.1 Å². The number of nitrogens with zero attached hydrogens (tertiary/aromatic N) is 1. The number of carboxylic acid groups (broad SMARTS) is 1. The number of carboxylic acids is 1. The van der Waals surface area contributed by atoms with E-state index in [2.05, 4.69) is 10.0 Å². The van der Waals surface area contributed by atoms with Crippen LogP contribution in [0.1, 0.15) is 12.8 Å². The Labute approximate surface area is 184 Å². The van der Waals surface area contributed by atoms with Gasteiger partial charge in [-0.25, -0.2) is 8.78 Å². The summed E-state index contributed by atoms with van der Waals surface area (Å²) in [7, 11) is -4.33. The molecule has 2 aromatic rings. The molecule has 0 aromatic heterocycles. The van der Waals surface area contributed by atoms with E-state index in [1.807, 2.05) is 22.6 Å². The standard InChI is InChI=1S/C17H15ClF2IN3O4S/c18-10-8-9(21)3-5-12(10)22-16-13(6-4-11(19)15(16)20)23-29(27,28)24-7-1-2-14(24)17(25)26/h3-6,8,14,22-23H,1-2,7H2,(H,25,26). The summed E-state index contributed by atoms with van der Waals surface area (Å²) in [5, 5.41) is 12.1. The Morgan fingerprint density at radius 1 is 1.24 bits per heavy atom. The molecule has 12 heteroatoms. The Morgan fingerprint density at radius 2 is 1.93 bits per heavy atom. The molecule has 156 valence electrons. The van der Waals surface area contributed by atoms with Crippen molar-refractivity contribution >= 4 is 67.4 Å². The Bertz CT molecular complexity index is 1070. The number of anilines is 3. The summed E-state index contributed by atoms with van der Waals surface area (Å²) in [4.78, 5) is 11.3. The molecule has 1 unspecified atom stereocenters. The predicted octanol–water partition coefficient (Wildman–Crippen LogP) is 4.17. The lowest BCUT2D eigenvalue weighted by Gasteiger charge is -2.23. The molecule has 3 N–H and O–H groups in total. The molecule has 2 aromatic carbocycles. The molecule has 1 atom stereocenters. The zero-order valence-corrected chi connectivity index (χ0v) is 18.4. The van der Waals surface area contributed by atoms with Crippen molar-refractivity contribution in [1.29, 1.82) is 0 Å². The molecule has 7 nitrogen and oxygen atoms in total. The topological polar surface area (TPSA) is 98.7 Å². The molecule has 1 fully saturated rings. The van der Waals surface area contributed by atoms with Crippen molar-refractivity contribution < 1.29 is 27.1 Å². The molecule has 0 amide bonds. The maximum absolute atomic E-state index is 14.5. The third kappa shape index (κ3) is 4.73. The van der Waals surface area contributed by atoms with Gasteiger partial charge in [0.2, 0.25) is 0 Å². The third-order valence-electron chi connectivity index (χ3n) is 4.32. The second-order valence-corrected chi connectivity index (χ2v) is 9.52. The maximum atomic E-state index is 14.5. The highest BCUT2D eigenvalue weighted by atomic mass is 127. The van der Waals surface area contributed by atoms with Crippen LogP contribution >= 0.6 is 34.2 Å². The van der Waals surface area contributed by atoms with Crippen LogP contribution in [-0.2, 0) is 15.0 Å². The number of hydrogen-bond acceptors (Lipinski definition) is 4. The highest BCUT2D eigenvalue weighted by molar-refractivity contribution is 14.1. The Morgan fingerprint density at radius 3 is 2.59 bits per heavy atom. The van der Waals surface area contributed by atoms with Gasteiger partial charge in [-0.15, -0.1) is 0 Å². The van der Waals surface area contributed by atoms with E-state index in [0.29, 0.717) is 6.42 Å². The number of nitrogens with one attached hydrogen (secondary N) is 2. The van der Waals surface area contributed by atoms with Crippen molar-refractivity contribution in [1.82, 2.24) is 4.31 Å². The van der Waals surface area contributed by atoms with E-state index in [9.17, 15) is 27.1 Å². The molecular weight excluding hydrogens is 543 g/mol. The fourth-order valence-electron chi connectivity index (χ4n) is 2.96. The van der Waals surface area contributed by atoms with Crippen LogP contribution in [0.3, 0.4) is 0 Å². The summed E-state index contributed by atoms with van der Waals surface area (Å²) in [6.45, 7) is 0.00168. The Hall–Kier alpha value is -1.70. The van der Waals surface area contributed by atoms with E-state index in [-0.39, 0.29) is 29.4 Å². The van der Waals surface area contributed by atoms with Gasteiger partial charge >= 0.3 is 16.2 Å². The highest BCUT2D eigenvalue weighted by Crippen LogP contribution is 2.35. The molecule has 1 aliphatic heterocycles. The monoisotopic (exact) mass is 557 g/mol. The second-order valence-electron chi connectivity index (χ2n) is 6.25. The molecule has 0 radical (unpaired) electrons. The minimum absolute atomic E-state index is 0.00168. The minimum Gasteiger partial charge on any atom is -0.480 e. The van der Waals surface area contributed by atoms with Gasteiger partial charge in [0.1, 0.15) is 11.7 Å². The number of carbonyl (C=O) groups is 1. The fourth-order valence-corrected chi connectivity index (χ4v) is 5.32. The third-order valence-corrected chi connectivity index (χ3v) is 6.84. The van der Waals surface area contributed by atoms with E-state index >= 15 is 0 Å². The number of benzene rings is 2. The van der Waals surface area contributed by atoms with Crippen molar-refractivity contribution in [2.24, 2.45) is 0 Å². The molecule has 1 aliphatic rings. The Kier molecular flexibility index (Phi) is 6.51. The Balaban J connectivity index is 1.97. The van der Waals surface area contributed by atoms with E-state index in [4.69, 9.17) is 11.6 Å². The number of halogens is 4. The summed E-state index contributed by atoms with van der Waals surface area (Å²) in [6, 6.07) is 5.40. The van der Waals surface area contributed by atoms with Gasteiger partial charge in [-0.2, -0.15) is 12.7 Å². The van der Waals surface area contributed by atoms with Crippen LogP contribution in [0.25, 0.3) is 0 Å². The van der Waals surface area contributed by atoms with Crippen LogP contribution in [0.4, 0.5) is 25.8 Å². The lowest BCUT2D eigenvalue weighted by molar-refractivity contribution is -0.140. The first kappa shape index (κ1) is 22.0. The summed E-state index contributed by atoms with van der Waals surface area (Å²) in [6.07, 6.45) is 0.538. The molecule has 0 spiro atoms. The normalized spacial score (nSPS) is 17.3. The van der Waals surface area contributed by atoms with Gasteiger partial charge in [-0.1, -0.05) is 11.6 Å². The van der Waals surface area contributed by atoms with Gasteiger partial charge in [-0.3, -0.25) is 9.52 Å². The van der Waals surface area contributed by atoms with Gasteiger partial charge in [-0.05, 0) is 65.8 Å². The fraction of sp³-hybridized carbons (Fsp3) is 0.235. The molecule has 0 saturated carbocycles. The number of rotatable bonds is 6. The minimum atomic E-state index is -4.33. The molecule has 0 bridgehead atoms. The molecule has 3 rings (SSSR count). The maximum Gasteiger partial charge on any atom is 0.322 e. The van der Waals surface area contributed by atoms with Crippen molar-refractivity contribution in [3.63, 3.8) is 0 Å². The molecule has 1 saturated heterocycles. The largest absolute Gasteiger partial charge is 0.480 e. The van der Waals surface area contributed by atoms with Crippen LogP contribution in [0.5, 0.6) is 0 Å². The summed E-state index contributed by atoms with van der Waals surface area (Å²) >= 11 is 8.15. The van der Waals surface area contributed by atoms with Gasteiger partial charge < -0.3 is 10.4 Å². The van der Waals surface area contributed by atoms with E-state index in [0.717, 1.165) is 20.0 Å². The summed E-state index contributed by atoms with van der Waals surface area (Å²) in [5.74, 6) is -3.78. The lowest BCUT2D eigenvalue weighted by Crippen LogP contribution is -2.43. The van der Waals surface area contributed by atoms with E-state index in [1.165, 1.54) is 6.07 Å². The van der Waals surface area contributed by atoms with E-state index < -0.39 is 39.5 Å². The lowest BCUT2D eigenvalue weighted by atomic mass is 10.2. The SMILES string of the molecule is O=C(O)C1CCCN1S(=O)(=O)Nc1ccc(F)c(F)c1Nc1ccc(I)cc1Cl. The van der Waals surface area contributed by atoms with Crippen LogP contribution in [0.15, 0.2) is 30.3 Å². The average molecular weight is 558 g/mol. The first-order chi connectivity index (χ1) is 13.6. The number of aliphatic carboxylic acids is 1. The molecule has 0 aliphatic carbocycles. The van der Waals surface area contributed by atoms with Crippen molar-refractivity contribution in [3.05, 3.63) is 50.6 Å². The summed E-state index contributed by atoms with van der Waals surface area (Å²) < 4.78 is 57.5. The number of hydrogen-bond donors (Lipinski definition) is 3. The zero-order valence-electron chi connectivity index (χ0n) is 14.6. The first-order valence-electron chi connectivity index (χ1n) is 8.32. The molecule has 29 heavy (non-hydrogen) atoms. The van der Waals surface area contributed by atoms with Gasteiger partial charge in [0, 0.05) is 10.1 Å². The van der Waals surface area contributed by atoms with Crippen LogP contribution in [0.2, 0.25) is 5.02 Å². The van der Waals surface area contributed by atoms with Gasteiger partial charge in [0.15, 0.2) is 11.6 Å². The van der Waals surface area contributed by atoms with Crippen LogP contribution < -0.4 is 10.0 Å². The quantitative estimate of drug-likeness (QED) is 0.463. The highest BCUT2D eigenvalue weighted by Gasteiger charge is 2.39. The smallest absolute Gasteiger partial charge is 0.322 e. The second kappa shape index (κ2) is 8.58. The van der Waals surface area contributed by atoms with Gasteiger partial charge in [0.05, 0.1) is 16.4 Å². The van der Waals surface area contributed by atoms with Crippen LogP contribution in [-0.4, -0.2) is 36.4 Å². The predicted molar refractivity (Wildman–Crippen MR) is 114 cm³/mol. The summed E-state index contributed by atoms with van der Waals surface area (Å²) in [5.41, 5.74) is -0.515.